The van der Waals surface area contributed by atoms with Gasteiger partial charge < -0.3 is 4.52 Å². The van der Waals surface area contributed by atoms with E-state index in [1.165, 1.54) is 0 Å². The van der Waals surface area contributed by atoms with Crippen LogP contribution in [0.25, 0.3) is 0 Å². The van der Waals surface area contributed by atoms with Gasteiger partial charge in [0, 0.05) is 0 Å². The molecular formula is C2H2N2O3. The molecule has 0 radical (unpaired) electrons. The van der Waals surface area contributed by atoms with Crippen molar-refractivity contribution in [1.29, 1.82) is 0 Å². The fourth-order valence-corrected chi connectivity index (χ4v) is 0.236. The molecule has 0 aromatic carbocycles. The van der Waals surface area contributed by atoms with E-state index in [-0.39, 0.29) is 0 Å². The molecule has 1 rings (SSSR count). The zero-order valence-corrected chi connectivity index (χ0v) is 3.22. The molecule has 0 aliphatic heterocycles. The van der Waals surface area contributed by atoms with Gasteiger partial charge in [0.05, 0.1) is 0 Å². The SMILES string of the molecule is O=c1[nH]oc(=O)[nH]1. The Hall–Kier alpha value is -1.26. The number of hydrogen-bond donors (Lipinski definition) is 2. The normalized spacial score (nSPS) is 9.14. The lowest BCUT2D eigenvalue weighted by atomic mass is 11.3. The van der Waals surface area contributed by atoms with Gasteiger partial charge in [0.2, 0.25) is 0 Å². The Kier molecular flexibility index (Phi) is 0.619. The van der Waals surface area contributed by atoms with E-state index >= 15 is 0 Å². The lowest BCUT2D eigenvalue weighted by Gasteiger charge is -1.50. The Morgan fingerprint density at radius 3 is 2.29 bits per heavy atom. The first-order valence-corrected chi connectivity index (χ1v) is 1.57. The van der Waals surface area contributed by atoms with Gasteiger partial charge >= 0.3 is 11.4 Å². The maximum Gasteiger partial charge on any atom is 0.439 e. The Morgan fingerprint density at radius 2 is 2.14 bits per heavy atom. The smallest absolute Gasteiger partial charge is 0.320 e. The first-order chi connectivity index (χ1) is 3.29. The first-order valence-electron chi connectivity index (χ1n) is 1.57. The molecule has 0 saturated heterocycles. The van der Waals surface area contributed by atoms with E-state index in [4.69, 9.17) is 0 Å². The van der Waals surface area contributed by atoms with Crippen molar-refractivity contribution in [3.63, 3.8) is 0 Å². The van der Waals surface area contributed by atoms with Gasteiger partial charge in [-0.25, -0.2) is 14.6 Å². The third-order valence-electron chi connectivity index (χ3n) is 0.452. The molecule has 0 aliphatic carbocycles. The van der Waals surface area contributed by atoms with Crippen LogP contribution in [0.3, 0.4) is 0 Å². The zero-order valence-electron chi connectivity index (χ0n) is 3.22. The monoisotopic (exact) mass is 102 g/mol. The Balaban J connectivity index is 3.59. The Labute approximate surface area is 36.9 Å². The van der Waals surface area contributed by atoms with Crippen molar-refractivity contribution in [3.8, 4) is 0 Å². The molecule has 7 heavy (non-hydrogen) atoms. The molecule has 0 unspecified atom stereocenters. The van der Waals surface area contributed by atoms with Crippen molar-refractivity contribution in [2.45, 2.75) is 0 Å². The fourth-order valence-electron chi connectivity index (χ4n) is 0.236. The average Bonchev–Trinajstić information content (AvgIpc) is 1.87. The van der Waals surface area contributed by atoms with Crippen LogP contribution in [0, 0.1) is 0 Å². The minimum absolute atomic E-state index is 0.620. The van der Waals surface area contributed by atoms with E-state index in [0.717, 1.165) is 0 Å². The van der Waals surface area contributed by atoms with Gasteiger partial charge in [-0.3, -0.25) is 0 Å². The molecule has 0 atom stereocenters. The summed E-state index contributed by atoms with van der Waals surface area (Å²) in [4.78, 5) is 21.5. The molecule has 1 heterocycles. The third kappa shape index (κ3) is 0.594. The predicted molar refractivity (Wildman–Crippen MR) is 19.9 cm³/mol. The third-order valence-corrected chi connectivity index (χ3v) is 0.452. The van der Waals surface area contributed by atoms with Gasteiger partial charge in [0.25, 0.3) is 0 Å². The van der Waals surface area contributed by atoms with E-state index in [9.17, 15) is 9.59 Å². The molecule has 0 aliphatic rings. The lowest BCUT2D eigenvalue weighted by molar-refractivity contribution is 0.382. The van der Waals surface area contributed by atoms with Crippen molar-refractivity contribution in [1.82, 2.24) is 10.1 Å². The molecule has 2 N–H and O–H groups in total. The van der Waals surface area contributed by atoms with Crippen molar-refractivity contribution in [2.75, 3.05) is 0 Å². The van der Waals surface area contributed by atoms with E-state index in [1.54, 1.807) is 10.1 Å². The van der Waals surface area contributed by atoms with Crippen molar-refractivity contribution in [3.05, 3.63) is 21.0 Å². The average molecular weight is 102 g/mol. The molecule has 0 bridgehead atoms. The molecule has 0 spiro atoms. The van der Waals surface area contributed by atoms with Crippen LogP contribution in [0.5, 0.6) is 0 Å². The molecule has 1 aromatic rings. The zero-order chi connectivity index (χ0) is 5.28. The summed E-state index contributed by atoms with van der Waals surface area (Å²) in [5.41, 5.74) is -0.620. The van der Waals surface area contributed by atoms with Crippen LogP contribution in [0.1, 0.15) is 0 Å². The second-order valence-corrected chi connectivity index (χ2v) is 0.946. The highest BCUT2D eigenvalue weighted by molar-refractivity contribution is 4.46. The number of H-pyrrole nitrogens is 2. The number of hydrogen-bond acceptors (Lipinski definition) is 3. The summed E-state index contributed by atoms with van der Waals surface area (Å²) in [6, 6.07) is 0. The summed E-state index contributed by atoms with van der Waals surface area (Å²) in [5, 5.41) is 1.77. The number of aromatic nitrogens is 2. The van der Waals surface area contributed by atoms with Crippen LogP contribution < -0.4 is 11.4 Å². The molecule has 0 saturated carbocycles. The van der Waals surface area contributed by atoms with Crippen LogP contribution in [-0.2, 0) is 0 Å². The van der Waals surface area contributed by atoms with Crippen LogP contribution in [-0.4, -0.2) is 10.1 Å². The van der Waals surface area contributed by atoms with Gasteiger partial charge in [-0.15, -0.1) is 0 Å². The minimum atomic E-state index is -0.759. The van der Waals surface area contributed by atoms with Crippen LogP contribution >= 0.6 is 0 Å². The van der Waals surface area contributed by atoms with Gasteiger partial charge in [-0.05, 0) is 0 Å². The van der Waals surface area contributed by atoms with Gasteiger partial charge in [-0.1, -0.05) is 0 Å². The molecular weight excluding hydrogens is 100 g/mol. The molecule has 38 valence electrons. The highest BCUT2D eigenvalue weighted by Crippen LogP contribution is 1.41. The largest absolute Gasteiger partial charge is 0.439 e. The molecule has 0 fully saturated rings. The summed E-state index contributed by atoms with van der Waals surface area (Å²) in [7, 11) is 0. The van der Waals surface area contributed by atoms with Gasteiger partial charge in [-0.2, -0.15) is 5.16 Å². The Bertz CT molecular complexity index is 215. The fraction of sp³-hybridized carbons (Fsp3) is 0. The van der Waals surface area contributed by atoms with E-state index < -0.39 is 11.4 Å². The van der Waals surface area contributed by atoms with Crippen molar-refractivity contribution < 1.29 is 4.52 Å². The van der Waals surface area contributed by atoms with Gasteiger partial charge in [0.15, 0.2) is 0 Å². The second-order valence-electron chi connectivity index (χ2n) is 0.946. The lowest BCUT2D eigenvalue weighted by Crippen LogP contribution is -2.06. The van der Waals surface area contributed by atoms with Crippen LogP contribution in [0.4, 0.5) is 0 Å². The highest BCUT2D eigenvalue weighted by Gasteiger charge is 1.83. The highest BCUT2D eigenvalue weighted by atomic mass is 16.5. The topological polar surface area (TPSA) is 78.9 Å². The van der Waals surface area contributed by atoms with Crippen LogP contribution in [0.2, 0.25) is 0 Å². The number of rotatable bonds is 0. The molecule has 5 nitrogen and oxygen atoms in total. The minimum Gasteiger partial charge on any atom is -0.320 e. The van der Waals surface area contributed by atoms with E-state index in [0.29, 0.717) is 0 Å². The van der Waals surface area contributed by atoms with Gasteiger partial charge in [0.1, 0.15) is 0 Å². The van der Waals surface area contributed by atoms with Crippen molar-refractivity contribution >= 4 is 0 Å². The Morgan fingerprint density at radius 1 is 1.43 bits per heavy atom. The molecule has 1 aromatic heterocycles. The number of aromatic amines is 2. The maximum absolute atomic E-state index is 9.89. The van der Waals surface area contributed by atoms with E-state index in [2.05, 4.69) is 4.52 Å². The van der Waals surface area contributed by atoms with Crippen molar-refractivity contribution in [2.24, 2.45) is 0 Å². The second kappa shape index (κ2) is 1.11. The molecule has 0 amide bonds. The maximum atomic E-state index is 9.89. The summed E-state index contributed by atoms with van der Waals surface area (Å²) in [5.74, 6) is -0.759. The summed E-state index contributed by atoms with van der Waals surface area (Å²) in [6.45, 7) is 0. The number of nitrogens with one attached hydrogen (secondary N) is 2. The summed E-state index contributed by atoms with van der Waals surface area (Å²) >= 11 is 0. The summed E-state index contributed by atoms with van der Waals surface area (Å²) in [6.07, 6.45) is 0. The van der Waals surface area contributed by atoms with Crippen LogP contribution in [0.15, 0.2) is 14.1 Å². The quantitative estimate of drug-likeness (QED) is 0.425. The standard InChI is InChI=1S/C2H2N2O3/c5-1-3-2(6)7-4-1/h(H2,3,4,5,6). The van der Waals surface area contributed by atoms with E-state index in [1.807, 2.05) is 0 Å². The first kappa shape index (κ1) is 3.91. The summed E-state index contributed by atoms with van der Waals surface area (Å²) < 4.78 is 3.92. The predicted octanol–water partition coefficient (Wildman–Crippen LogP) is -1.34. The molecule has 5 heteroatoms.